The molecule has 0 aliphatic carbocycles. The van der Waals surface area contributed by atoms with Crippen molar-refractivity contribution in [1.29, 1.82) is 0 Å². The summed E-state index contributed by atoms with van der Waals surface area (Å²) < 4.78 is 47.7. The van der Waals surface area contributed by atoms with Gasteiger partial charge in [0.1, 0.15) is 11.9 Å². The van der Waals surface area contributed by atoms with Gasteiger partial charge in [-0.1, -0.05) is 18.2 Å². The molecule has 9 heteroatoms. The summed E-state index contributed by atoms with van der Waals surface area (Å²) in [4.78, 5) is 31.2. The van der Waals surface area contributed by atoms with Gasteiger partial charge in [-0.2, -0.15) is 0 Å². The molecule has 2 saturated heterocycles. The molecule has 1 unspecified atom stereocenters. The number of halogens is 3. The van der Waals surface area contributed by atoms with E-state index in [0.29, 0.717) is 38.1 Å². The fourth-order valence-corrected chi connectivity index (χ4v) is 5.90. The highest BCUT2D eigenvalue weighted by Crippen LogP contribution is 2.44. The number of carbonyl (C=O) groups excluding carboxylic acids is 2. The molecule has 0 radical (unpaired) electrons. The first-order valence-electron chi connectivity index (χ1n) is 12.9. The molecule has 0 aromatic heterocycles. The Morgan fingerprint density at radius 1 is 1.08 bits per heavy atom. The molecule has 2 amide bonds. The van der Waals surface area contributed by atoms with E-state index < -0.39 is 23.3 Å². The second kappa shape index (κ2) is 10.5. The second-order valence-corrected chi connectivity index (χ2v) is 10.3. The van der Waals surface area contributed by atoms with Crippen LogP contribution in [0.3, 0.4) is 0 Å². The van der Waals surface area contributed by atoms with Gasteiger partial charge in [-0.15, -0.1) is 0 Å². The molecule has 2 fully saturated rings. The molecule has 0 bridgehead atoms. The average molecular weight is 516 g/mol. The average Bonchev–Trinajstić information content (AvgIpc) is 3.47. The summed E-state index contributed by atoms with van der Waals surface area (Å²) in [5.41, 5.74) is 1.50. The molecule has 3 aliphatic heterocycles. The highest BCUT2D eigenvalue weighted by molar-refractivity contribution is 5.89. The van der Waals surface area contributed by atoms with E-state index in [2.05, 4.69) is 4.90 Å². The van der Waals surface area contributed by atoms with Gasteiger partial charge < -0.3 is 19.4 Å². The summed E-state index contributed by atoms with van der Waals surface area (Å²) in [6, 6.07) is 7.60. The standard InChI is InChI=1S/C28H32F3N3O3/c1-32(27(36)26(34-14-3-7-25(34)35)19-8-9-23(30)24(31)17-19)12-4-13-33-15-10-28(11-16-33)21-5-2-6-22(29)20(21)18-37-28/h2,5-6,8-9,17,26H,3-4,7,10-16,18H2,1H3. The summed E-state index contributed by atoms with van der Waals surface area (Å²) >= 11 is 0. The van der Waals surface area contributed by atoms with Crippen molar-refractivity contribution in [2.24, 2.45) is 0 Å². The first-order chi connectivity index (χ1) is 17.8. The van der Waals surface area contributed by atoms with Crippen LogP contribution >= 0.6 is 0 Å². The fraction of sp³-hybridized carbons (Fsp3) is 0.500. The number of rotatable bonds is 7. The first kappa shape index (κ1) is 25.7. The molecule has 37 heavy (non-hydrogen) atoms. The van der Waals surface area contributed by atoms with Gasteiger partial charge in [0, 0.05) is 45.2 Å². The van der Waals surface area contributed by atoms with E-state index in [1.807, 2.05) is 6.07 Å². The summed E-state index contributed by atoms with van der Waals surface area (Å²) in [5, 5.41) is 0. The molecule has 1 spiro atoms. The van der Waals surface area contributed by atoms with Gasteiger partial charge >= 0.3 is 0 Å². The molecule has 0 saturated carbocycles. The van der Waals surface area contributed by atoms with E-state index in [0.717, 1.165) is 56.6 Å². The maximum absolute atomic E-state index is 14.2. The van der Waals surface area contributed by atoms with Crippen molar-refractivity contribution in [2.45, 2.75) is 50.4 Å². The van der Waals surface area contributed by atoms with Crippen molar-refractivity contribution in [1.82, 2.24) is 14.7 Å². The van der Waals surface area contributed by atoms with Crippen molar-refractivity contribution < 1.29 is 27.5 Å². The van der Waals surface area contributed by atoms with Crippen LogP contribution < -0.4 is 0 Å². The molecule has 5 rings (SSSR count). The Balaban J connectivity index is 1.17. The van der Waals surface area contributed by atoms with Gasteiger partial charge in [-0.05, 0) is 61.6 Å². The number of ether oxygens (including phenoxy) is 1. The highest BCUT2D eigenvalue weighted by atomic mass is 19.2. The van der Waals surface area contributed by atoms with Gasteiger partial charge in [-0.3, -0.25) is 9.59 Å². The van der Waals surface area contributed by atoms with Gasteiger partial charge in [0.15, 0.2) is 11.6 Å². The predicted octanol–water partition coefficient (Wildman–Crippen LogP) is 4.14. The predicted molar refractivity (Wildman–Crippen MR) is 131 cm³/mol. The van der Waals surface area contributed by atoms with Crippen molar-refractivity contribution in [3.8, 4) is 0 Å². The van der Waals surface area contributed by atoms with Crippen LogP contribution in [-0.4, -0.2) is 66.3 Å². The van der Waals surface area contributed by atoms with Crippen LogP contribution in [0.15, 0.2) is 36.4 Å². The molecular weight excluding hydrogens is 483 g/mol. The number of fused-ring (bicyclic) bond motifs is 2. The van der Waals surface area contributed by atoms with Crippen molar-refractivity contribution in [3.63, 3.8) is 0 Å². The van der Waals surface area contributed by atoms with Crippen molar-refractivity contribution in [2.75, 3.05) is 39.8 Å². The van der Waals surface area contributed by atoms with Crippen LogP contribution in [0, 0.1) is 17.5 Å². The van der Waals surface area contributed by atoms with Crippen LogP contribution in [0.4, 0.5) is 13.2 Å². The van der Waals surface area contributed by atoms with Gasteiger partial charge in [0.05, 0.1) is 12.2 Å². The summed E-state index contributed by atoms with van der Waals surface area (Å²) in [6.07, 6.45) is 3.27. The third-order valence-corrected chi connectivity index (χ3v) is 8.03. The minimum absolute atomic E-state index is 0.158. The maximum Gasteiger partial charge on any atom is 0.249 e. The molecule has 2 aromatic carbocycles. The number of carbonyl (C=O) groups is 2. The minimum atomic E-state index is -1.04. The topological polar surface area (TPSA) is 53.1 Å². The van der Waals surface area contributed by atoms with Crippen LogP contribution in [0.25, 0.3) is 0 Å². The SMILES string of the molecule is CN(CCCN1CCC2(CC1)OCc1c(F)cccc12)C(=O)C(c1ccc(F)c(F)c1)N1CCCC1=O. The third-order valence-electron chi connectivity index (χ3n) is 8.03. The zero-order valence-electron chi connectivity index (χ0n) is 21.0. The largest absolute Gasteiger partial charge is 0.365 e. The van der Waals surface area contributed by atoms with Crippen LogP contribution in [0.1, 0.15) is 54.8 Å². The van der Waals surface area contributed by atoms with Gasteiger partial charge in [-0.25, -0.2) is 13.2 Å². The van der Waals surface area contributed by atoms with Crippen LogP contribution in [0.2, 0.25) is 0 Å². The number of hydrogen-bond donors (Lipinski definition) is 0. The lowest BCUT2D eigenvalue weighted by atomic mass is 9.83. The van der Waals surface area contributed by atoms with E-state index in [9.17, 15) is 22.8 Å². The zero-order chi connectivity index (χ0) is 26.2. The minimum Gasteiger partial charge on any atom is -0.365 e. The molecular formula is C28H32F3N3O3. The zero-order valence-corrected chi connectivity index (χ0v) is 21.0. The summed E-state index contributed by atoms with van der Waals surface area (Å²) in [7, 11) is 1.68. The molecule has 2 aromatic rings. The van der Waals surface area contributed by atoms with Crippen LogP contribution in [-0.2, 0) is 26.5 Å². The van der Waals surface area contributed by atoms with E-state index in [4.69, 9.17) is 4.74 Å². The monoisotopic (exact) mass is 515 g/mol. The van der Waals surface area contributed by atoms with Gasteiger partial charge in [0.25, 0.3) is 0 Å². The Hall–Kier alpha value is -2.91. The lowest BCUT2D eigenvalue weighted by molar-refractivity contribution is -0.143. The lowest BCUT2D eigenvalue weighted by Crippen LogP contribution is -2.44. The molecule has 6 nitrogen and oxygen atoms in total. The Kier molecular flexibility index (Phi) is 7.27. The van der Waals surface area contributed by atoms with Crippen LogP contribution in [0.5, 0.6) is 0 Å². The fourth-order valence-electron chi connectivity index (χ4n) is 5.90. The van der Waals surface area contributed by atoms with E-state index >= 15 is 0 Å². The van der Waals surface area contributed by atoms with Gasteiger partial charge in [0.2, 0.25) is 11.8 Å². The molecule has 0 N–H and O–H groups in total. The number of piperidine rings is 1. The summed E-state index contributed by atoms with van der Waals surface area (Å²) in [6.45, 7) is 3.59. The normalized spacial score (nSPS) is 19.9. The Bertz CT molecular complexity index is 1180. The number of benzene rings is 2. The Morgan fingerprint density at radius 3 is 2.57 bits per heavy atom. The number of likely N-dealkylation sites (N-methyl/N-ethyl adjacent to an activating group) is 1. The number of amides is 2. The van der Waals surface area contributed by atoms with E-state index in [-0.39, 0.29) is 23.2 Å². The van der Waals surface area contributed by atoms with E-state index in [1.165, 1.54) is 17.0 Å². The number of nitrogens with zero attached hydrogens (tertiary/aromatic N) is 3. The quantitative estimate of drug-likeness (QED) is 0.557. The molecule has 3 aliphatic rings. The van der Waals surface area contributed by atoms with E-state index in [1.54, 1.807) is 18.0 Å². The van der Waals surface area contributed by atoms with Crippen molar-refractivity contribution >= 4 is 11.8 Å². The number of hydrogen-bond acceptors (Lipinski definition) is 4. The second-order valence-electron chi connectivity index (χ2n) is 10.3. The highest BCUT2D eigenvalue weighted by Gasteiger charge is 2.43. The summed E-state index contributed by atoms with van der Waals surface area (Å²) in [5.74, 6) is -2.70. The molecule has 1 atom stereocenters. The number of likely N-dealkylation sites (tertiary alicyclic amines) is 2. The van der Waals surface area contributed by atoms with Crippen molar-refractivity contribution in [3.05, 3.63) is 70.5 Å². The third kappa shape index (κ3) is 4.99. The lowest BCUT2D eigenvalue weighted by Gasteiger charge is -2.39. The Labute approximate surface area is 215 Å². The Morgan fingerprint density at radius 2 is 1.86 bits per heavy atom. The first-order valence-corrected chi connectivity index (χ1v) is 12.9. The smallest absolute Gasteiger partial charge is 0.249 e. The molecule has 198 valence electrons. The maximum atomic E-state index is 14.2. The molecule has 3 heterocycles.